The second-order valence-corrected chi connectivity index (χ2v) is 8.08. The molecule has 0 radical (unpaired) electrons. The Balaban J connectivity index is 1.87. The Labute approximate surface area is 149 Å². The van der Waals surface area contributed by atoms with Gasteiger partial charge in [-0.25, -0.2) is 9.97 Å². The SMILES string of the molecule is CC1(C)CC(=NCCCC(=O)O)C2=C(C1)Nc1c(Cl)ncnc1S2. The third-order valence-electron chi connectivity index (χ3n) is 3.93. The molecule has 128 valence electrons. The zero-order valence-electron chi connectivity index (χ0n) is 13.6. The number of nitrogens with zero attached hydrogens (tertiary/aromatic N) is 3. The summed E-state index contributed by atoms with van der Waals surface area (Å²) in [7, 11) is 0. The van der Waals surface area contributed by atoms with Crippen molar-refractivity contribution in [1.82, 2.24) is 9.97 Å². The van der Waals surface area contributed by atoms with E-state index in [-0.39, 0.29) is 11.8 Å². The molecule has 1 aliphatic heterocycles. The largest absolute Gasteiger partial charge is 0.481 e. The van der Waals surface area contributed by atoms with Crippen LogP contribution < -0.4 is 5.32 Å². The third kappa shape index (κ3) is 3.72. The molecular weight excluding hydrogens is 348 g/mol. The number of thioether (sulfide) groups is 1. The fourth-order valence-electron chi connectivity index (χ4n) is 2.90. The topological polar surface area (TPSA) is 87.5 Å². The van der Waals surface area contributed by atoms with Gasteiger partial charge in [-0.15, -0.1) is 0 Å². The van der Waals surface area contributed by atoms with E-state index in [4.69, 9.17) is 16.7 Å². The normalized spacial score (nSPS) is 20.4. The van der Waals surface area contributed by atoms with E-state index < -0.39 is 5.97 Å². The second-order valence-electron chi connectivity index (χ2n) is 6.72. The minimum atomic E-state index is -0.784. The van der Waals surface area contributed by atoms with Gasteiger partial charge in [0.25, 0.3) is 0 Å². The Morgan fingerprint density at radius 3 is 3.00 bits per heavy atom. The predicted molar refractivity (Wildman–Crippen MR) is 95.7 cm³/mol. The molecule has 0 bridgehead atoms. The van der Waals surface area contributed by atoms with E-state index in [2.05, 4.69) is 34.1 Å². The van der Waals surface area contributed by atoms with Crippen LogP contribution in [0.4, 0.5) is 5.69 Å². The minimum Gasteiger partial charge on any atom is -0.481 e. The number of allylic oxidation sites excluding steroid dienone is 2. The lowest BCUT2D eigenvalue weighted by Crippen LogP contribution is -2.29. The van der Waals surface area contributed by atoms with Gasteiger partial charge >= 0.3 is 5.97 Å². The van der Waals surface area contributed by atoms with Gasteiger partial charge < -0.3 is 10.4 Å². The highest BCUT2D eigenvalue weighted by Crippen LogP contribution is 2.48. The number of carboxylic acids is 1. The number of aliphatic carboxylic acids is 1. The summed E-state index contributed by atoms with van der Waals surface area (Å²) in [6.07, 6.45) is 3.90. The average Bonchev–Trinajstić information content (AvgIpc) is 2.49. The molecule has 0 saturated carbocycles. The van der Waals surface area contributed by atoms with Gasteiger partial charge in [0.2, 0.25) is 0 Å². The highest BCUT2D eigenvalue weighted by molar-refractivity contribution is 8.04. The van der Waals surface area contributed by atoms with Gasteiger partial charge in [0, 0.05) is 18.7 Å². The van der Waals surface area contributed by atoms with Crippen molar-refractivity contribution in [2.75, 3.05) is 11.9 Å². The summed E-state index contributed by atoms with van der Waals surface area (Å²) < 4.78 is 0. The number of fused-ring (bicyclic) bond motifs is 1. The Kier molecular flexibility index (Phi) is 4.83. The molecule has 24 heavy (non-hydrogen) atoms. The van der Waals surface area contributed by atoms with E-state index in [0.29, 0.717) is 18.1 Å². The molecule has 2 heterocycles. The number of carboxylic acid groups (broad SMARTS) is 1. The molecule has 0 amide bonds. The van der Waals surface area contributed by atoms with Crippen LogP contribution in [0.2, 0.25) is 5.15 Å². The van der Waals surface area contributed by atoms with Gasteiger partial charge in [-0.3, -0.25) is 9.79 Å². The summed E-state index contributed by atoms with van der Waals surface area (Å²) in [6.45, 7) is 4.93. The standard InChI is InChI=1S/C16H19ClN4O2S/c1-16(2)6-9(18-5-3-4-11(22)23)13-10(7-16)21-12-14(17)19-8-20-15(12)24-13/h8,21H,3-7H2,1-2H3,(H,22,23). The first kappa shape index (κ1) is 17.2. The van der Waals surface area contributed by atoms with Gasteiger partial charge in [0.1, 0.15) is 17.0 Å². The maximum absolute atomic E-state index is 10.7. The predicted octanol–water partition coefficient (Wildman–Crippen LogP) is 3.99. The number of aromatic nitrogens is 2. The molecule has 0 fully saturated rings. The molecule has 0 saturated heterocycles. The molecule has 2 N–H and O–H groups in total. The molecule has 8 heteroatoms. The average molecular weight is 367 g/mol. The van der Waals surface area contributed by atoms with Crippen LogP contribution in [0.5, 0.6) is 0 Å². The number of carbonyl (C=O) groups is 1. The van der Waals surface area contributed by atoms with Crippen molar-refractivity contribution in [2.24, 2.45) is 10.4 Å². The van der Waals surface area contributed by atoms with Crippen molar-refractivity contribution in [3.05, 3.63) is 22.1 Å². The smallest absolute Gasteiger partial charge is 0.303 e. The van der Waals surface area contributed by atoms with E-state index in [1.165, 1.54) is 6.33 Å². The monoisotopic (exact) mass is 366 g/mol. The Morgan fingerprint density at radius 1 is 1.46 bits per heavy atom. The molecule has 1 aromatic heterocycles. The molecular formula is C16H19ClN4O2S. The maximum Gasteiger partial charge on any atom is 0.303 e. The van der Waals surface area contributed by atoms with Crippen molar-refractivity contribution >= 4 is 40.7 Å². The molecule has 1 aromatic rings. The minimum absolute atomic E-state index is 0.0810. The first-order valence-corrected chi connectivity index (χ1v) is 8.99. The van der Waals surface area contributed by atoms with Gasteiger partial charge in [0.15, 0.2) is 5.15 Å². The van der Waals surface area contributed by atoms with E-state index in [9.17, 15) is 4.79 Å². The van der Waals surface area contributed by atoms with E-state index >= 15 is 0 Å². The molecule has 0 atom stereocenters. The zero-order chi connectivity index (χ0) is 17.3. The summed E-state index contributed by atoms with van der Waals surface area (Å²) in [5.41, 5.74) is 2.95. The zero-order valence-corrected chi connectivity index (χ0v) is 15.2. The molecule has 0 aromatic carbocycles. The van der Waals surface area contributed by atoms with Crippen molar-refractivity contribution in [2.45, 2.75) is 44.6 Å². The highest BCUT2D eigenvalue weighted by Gasteiger charge is 2.35. The van der Waals surface area contributed by atoms with Crippen LogP contribution in [0, 0.1) is 5.41 Å². The van der Waals surface area contributed by atoms with Crippen molar-refractivity contribution in [1.29, 1.82) is 0 Å². The van der Waals surface area contributed by atoms with Crippen LogP contribution in [0.25, 0.3) is 0 Å². The number of aliphatic imine (C=N–C) groups is 1. The van der Waals surface area contributed by atoms with E-state index in [1.54, 1.807) is 11.8 Å². The number of halogens is 1. The van der Waals surface area contributed by atoms with Crippen LogP contribution in [0.15, 0.2) is 26.9 Å². The summed E-state index contributed by atoms with van der Waals surface area (Å²) in [5.74, 6) is -0.784. The van der Waals surface area contributed by atoms with Crippen LogP contribution in [0.1, 0.15) is 39.5 Å². The summed E-state index contributed by atoms with van der Waals surface area (Å²) in [4.78, 5) is 24.8. The lowest BCUT2D eigenvalue weighted by molar-refractivity contribution is -0.137. The molecule has 3 rings (SSSR count). The van der Waals surface area contributed by atoms with E-state index in [1.807, 2.05) is 0 Å². The number of rotatable bonds is 4. The summed E-state index contributed by atoms with van der Waals surface area (Å²) in [5, 5.41) is 13.4. The quantitative estimate of drug-likeness (QED) is 0.619. The molecule has 1 aliphatic carbocycles. The number of hydrogen-bond donors (Lipinski definition) is 2. The third-order valence-corrected chi connectivity index (χ3v) is 5.41. The summed E-state index contributed by atoms with van der Waals surface area (Å²) in [6, 6.07) is 0. The van der Waals surface area contributed by atoms with Crippen LogP contribution in [0.3, 0.4) is 0 Å². The van der Waals surface area contributed by atoms with Crippen LogP contribution >= 0.6 is 23.4 Å². The fraction of sp³-hybridized carbons (Fsp3) is 0.500. The van der Waals surface area contributed by atoms with Crippen molar-refractivity contribution in [3.8, 4) is 0 Å². The van der Waals surface area contributed by atoms with Crippen LogP contribution in [-0.2, 0) is 4.79 Å². The van der Waals surface area contributed by atoms with E-state index in [0.717, 1.165) is 39.9 Å². The Bertz CT molecular complexity index is 746. The molecule has 6 nitrogen and oxygen atoms in total. The summed E-state index contributed by atoms with van der Waals surface area (Å²) >= 11 is 7.74. The van der Waals surface area contributed by atoms with Crippen LogP contribution in [-0.4, -0.2) is 33.3 Å². The Hall–Kier alpha value is -1.60. The molecule has 2 aliphatic rings. The van der Waals surface area contributed by atoms with Crippen molar-refractivity contribution in [3.63, 3.8) is 0 Å². The highest BCUT2D eigenvalue weighted by atomic mass is 35.5. The number of anilines is 1. The number of hydrogen-bond acceptors (Lipinski definition) is 6. The van der Waals surface area contributed by atoms with Crippen molar-refractivity contribution < 1.29 is 9.90 Å². The van der Waals surface area contributed by atoms with Gasteiger partial charge in [-0.1, -0.05) is 37.2 Å². The second kappa shape index (κ2) is 6.72. The van der Waals surface area contributed by atoms with Gasteiger partial charge in [-0.2, -0.15) is 0 Å². The maximum atomic E-state index is 10.7. The lowest BCUT2D eigenvalue weighted by atomic mass is 9.78. The Morgan fingerprint density at radius 2 is 2.25 bits per heavy atom. The first-order valence-electron chi connectivity index (χ1n) is 7.80. The van der Waals surface area contributed by atoms with Gasteiger partial charge in [-0.05, 0) is 24.7 Å². The number of nitrogens with one attached hydrogen (secondary N) is 1. The first-order chi connectivity index (χ1) is 11.4. The van der Waals surface area contributed by atoms with Gasteiger partial charge in [0.05, 0.1) is 10.6 Å². The fourth-order valence-corrected chi connectivity index (χ4v) is 4.18. The molecule has 0 spiro atoms. The lowest BCUT2D eigenvalue weighted by Gasteiger charge is -2.36. The molecule has 0 unspecified atom stereocenters.